The standard InChI is InChI=1S/C13H10ClN3O3/c1-7-4-8(13(19)20)2-3-9(7)17-12(18)10-5-15-6-11(14)16-10/h2-6H,1H3,(H,17,18)(H,19,20). The van der Waals surface area contributed by atoms with Gasteiger partial charge in [-0.2, -0.15) is 0 Å². The minimum absolute atomic E-state index is 0.0826. The minimum Gasteiger partial charge on any atom is -0.478 e. The first-order chi connectivity index (χ1) is 9.47. The molecule has 0 aliphatic heterocycles. The van der Waals surface area contributed by atoms with Crippen LogP contribution in [0.25, 0.3) is 0 Å². The smallest absolute Gasteiger partial charge is 0.335 e. The number of aryl methyl sites for hydroxylation is 1. The molecule has 102 valence electrons. The van der Waals surface area contributed by atoms with Crippen molar-refractivity contribution in [1.82, 2.24) is 9.97 Å². The van der Waals surface area contributed by atoms with Crippen LogP contribution in [-0.2, 0) is 0 Å². The van der Waals surface area contributed by atoms with Gasteiger partial charge >= 0.3 is 5.97 Å². The third kappa shape index (κ3) is 3.10. The van der Waals surface area contributed by atoms with Crippen molar-refractivity contribution in [2.24, 2.45) is 0 Å². The molecule has 0 aliphatic rings. The summed E-state index contributed by atoms with van der Waals surface area (Å²) in [7, 11) is 0. The average molecular weight is 292 g/mol. The normalized spacial score (nSPS) is 10.1. The van der Waals surface area contributed by atoms with Crippen molar-refractivity contribution in [3.63, 3.8) is 0 Å². The maximum atomic E-state index is 11.9. The van der Waals surface area contributed by atoms with E-state index < -0.39 is 11.9 Å². The van der Waals surface area contributed by atoms with Crippen molar-refractivity contribution < 1.29 is 14.7 Å². The molecular weight excluding hydrogens is 282 g/mol. The molecule has 7 heteroatoms. The van der Waals surface area contributed by atoms with Gasteiger partial charge in [0.1, 0.15) is 10.8 Å². The summed E-state index contributed by atoms with van der Waals surface area (Å²) in [6.45, 7) is 1.70. The molecule has 0 spiro atoms. The largest absolute Gasteiger partial charge is 0.478 e. The SMILES string of the molecule is Cc1cc(C(=O)O)ccc1NC(=O)c1cncc(Cl)n1. The van der Waals surface area contributed by atoms with Gasteiger partial charge in [-0.15, -0.1) is 0 Å². The highest BCUT2D eigenvalue weighted by Gasteiger charge is 2.11. The van der Waals surface area contributed by atoms with Gasteiger partial charge in [-0.1, -0.05) is 11.6 Å². The Hall–Kier alpha value is -2.47. The number of amides is 1. The maximum absolute atomic E-state index is 11.9. The van der Waals surface area contributed by atoms with E-state index in [1.165, 1.54) is 30.6 Å². The number of anilines is 1. The fraction of sp³-hybridized carbons (Fsp3) is 0.0769. The second kappa shape index (κ2) is 5.66. The van der Waals surface area contributed by atoms with Crippen molar-refractivity contribution in [3.8, 4) is 0 Å². The third-order valence-electron chi connectivity index (χ3n) is 2.56. The Balaban J connectivity index is 2.22. The number of nitrogens with one attached hydrogen (secondary N) is 1. The number of carboxylic acids is 1. The second-order valence-corrected chi connectivity index (χ2v) is 4.40. The van der Waals surface area contributed by atoms with Gasteiger partial charge in [0, 0.05) is 5.69 Å². The highest BCUT2D eigenvalue weighted by Crippen LogP contribution is 2.17. The number of carbonyl (C=O) groups excluding carboxylic acids is 1. The zero-order chi connectivity index (χ0) is 14.7. The monoisotopic (exact) mass is 291 g/mol. The number of carboxylic acid groups (broad SMARTS) is 1. The minimum atomic E-state index is -1.02. The molecule has 0 radical (unpaired) electrons. The fourth-order valence-electron chi connectivity index (χ4n) is 1.57. The Labute approximate surface area is 119 Å². The number of nitrogens with zero attached hydrogens (tertiary/aromatic N) is 2. The summed E-state index contributed by atoms with van der Waals surface area (Å²) in [6.07, 6.45) is 2.62. The first-order valence-electron chi connectivity index (χ1n) is 5.60. The topological polar surface area (TPSA) is 92.2 Å². The van der Waals surface area contributed by atoms with Crippen LogP contribution in [0.4, 0.5) is 5.69 Å². The molecule has 0 saturated heterocycles. The summed E-state index contributed by atoms with van der Waals surface area (Å²) in [5.74, 6) is -1.49. The molecule has 2 rings (SSSR count). The molecule has 1 amide bonds. The van der Waals surface area contributed by atoms with Gasteiger partial charge in [0.05, 0.1) is 18.0 Å². The number of benzene rings is 1. The lowest BCUT2D eigenvalue weighted by atomic mass is 10.1. The predicted octanol–water partition coefficient (Wildman–Crippen LogP) is 2.39. The van der Waals surface area contributed by atoms with Crippen LogP contribution in [-0.4, -0.2) is 27.0 Å². The van der Waals surface area contributed by atoms with Crippen LogP contribution < -0.4 is 5.32 Å². The van der Waals surface area contributed by atoms with Gasteiger partial charge in [-0.05, 0) is 30.7 Å². The average Bonchev–Trinajstić information content (AvgIpc) is 2.40. The van der Waals surface area contributed by atoms with Gasteiger partial charge < -0.3 is 10.4 Å². The first-order valence-corrected chi connectivity index (χ1v) is 5.98. The van der Waals surface area contributed by atoms with Crippen molar-refractivity contribution in [2.75, 3.05) is 5.32 Å². The third-order valence-corrected chi connectivity index (χ3v) is 2.74. The molecule has 20 heavy (non-hydrogen) atoms. The number of hydrogen-bond acceptors (Lipinski definition) is 4. The molecule has 1 aromatic carbocycles. The van der Waals surface area contributed by atoms with Gasteiger partial charge in [0.25, 0.3) is 5.91 Å². The lowest BCUT2D eigenvalue weighted by molar-refractivity contribution is 0.0696. The molecular formula is C13H10ClN3O3. The summed E-state index contributed by atoms with van der Waals surface area (Å²) in [4.78, 5) is 30.4. The van der Waals surface area contributed by atoms with Crippen LogP contribution >= 0.6 is 11.6 Å². The van der Waals surface area contributed by atoms with E-state index in [0.717, 1.165) is 0 Å². The maximum Gasteiger partial charge on any atom is 0.335 e. The number of aromatic nitrogens is 2. The summed E-state index contributed by atoms with van der Waals surface area (Å²) in [5.41, 5.74) is 1.37. The van der Waals surface area contributed by atoms with Crippen molar-refractivity contribution >= 4 is 29.2 Å². The number of hydrogen-bond donors (Lipinski definition) is 2. The van der Waals surface area contributed by atoms with Crippen molar-refractivity contribution in [2.45, 2.75) is 6.92 Å². The zero-order valence-electron chi connectivity index (χ0n) is 10.4. The zero-order valence-corrected chi connectivity index (χ0v) is 11.2. The fourth-order valence-corrected chi connectivity index (χ4v) is 1.72. The Morgan fingerprint density at radius 1 is 1.30 bits per heavy atom. The second-order valence-electron chi connectivity index (χ2n) is 4.02. The Kier molecular flexibility index (Phi) is 3.95. The summed E-state index contributed by atoms with van der Waals surface area (Å²) in [6, 6.07) is 4.41. The highest BCUT2D eigenvalue weighted by molar-refractivity contribution is 6.29. The lowest BCUT2D eigenvalue weighted by Crippen LogP contribution is -2.15. The Morgan fingerprint density at radius 2 is 2.05 bits per heavy atom. The molecule has 0 atom stereocenters. The van der Waals surface area contributed by atoms with Gasteiger partial charge in [0.2, 0.25) is 0 Å². The van der Waals surface area contributed by atoms with E-state index in [1.807, 2.05) is 0 Å². The van der Waals surface area contributed by atoms with E-state index in [2.05, 4.69) is 15.3 Å². The molecule has 2 N–H and O–H groups in total. The number of rotatable bonds is 3. The van der Waals surface area contributed by atoms with Gasteiger partial charge in [0.15, 0.2) is 0 Å². The summed E-state index contributed by atoms with van der Waals surface area (Å²) < 4.78 is 0. The van der Waals surface area contributed by atoms with E-state index in [4.69, 9.17) is 16.7 Å². The van der Waals surface area contributed by atoms with Crippen LogP contribution in [0.1, 0.15) is 26.4 Å². The molecule has 0 bridgehead atoms. The van der Waals surface area contributed by atoms with Gasteiger partial charge in [-0.25, -0.2) is 9.78 Å². The van der Waals surface area contributed by atoms with Crippen LogP contribution in [0, 0.1) is 6.92 Å². The number of carbonyl (C=O) groups is 2. The van der Waals surface area contributed by atoms with E-state index in [0.29, 0.717) is 11.3 Å². The van der Waals surface area contributed by atoms with Crippen molar-refractivity contribution in [1.29, 1.82) is 0 Å². The predicted molar refractivity (Wildman–Crippen MR) is 73.1 cm³/mol. The Bertz CT molecular complexity index is 688. The summed E-state index contributed by atoms with van der Waals surface area (Å²) >= 11 is 5.66. The first kappa shape index (κ1) is 14.0. The van der Waals surface area contributed by atoms with Gasteiger partial charge in [-0.3, -0.25) is 9.78 Å². The molecule has 6 nitrogen and oxygen atoms in total. The van der Waals surface area contributed by atoms with Crippen LogP contribution in [0.15, 0.2) is 30.6 Å². The van der Waals surface area contributed by atoms with Crippen LogP contribution in [0.5, 0.6) is 0 Å². The molecule has 0 saturated carbocycles. The van der Waals surface area contributed by atoms with Crippen LogP contribution in [0.2, 0.25) is 5.15 Å². The van der Waals surface area contributed by atoms with E-state index >= 15 is 0 Å². The molecule has 0 unspecified atom stereocenters. The quantitative estimate of drug-likeness (QED) is 0.906. The number of halogens is 1. The number of aromatic carboxylic acids is 1. The molecule has 1 heterocycles. The summed E-state index contributed by atoms with van der Waals surface area (Å²) in [5, 5.41) is 11.6. The Morgan fingerprint density at radius 3 is 2.65 bits per heavy atom. The molecule has 0 fully saturated rings. The lowest BCUT2D eigenvalue weighted by Gasteiger charge is -2.08. The van der Waals surface area contributed by atoms with E-state index in [1.54, 1.807) is 6.92 Å². The molecule has 0 aliphatic carbocycles. The molecule has 1 aromatic heterocycles. The van der Waals surface area contributed by atoms with E-state index in [-0.39, 0.29) is 16.4 Å². The van der Waals surface area contributed by atoms with E-state index in [9.17, 15) is 9.59 Å². The van der Waals surface area contributed by atoms with Crippen LogP contribution in [0.3, 0.4) is 0 Å². The van der Waals surface area contributed by atoms with Crippen molar-refractivity contribution in [3.05, 3.63) is 52.6 Å². The molecule has 2 aromatic rings. The highest BCUT2D eigenvalue weighted by atomic mass is 35.5.